The maximum absolute atomic E-state index is 11.5. The molecule has 0 spiro atoms. The van der Waals surface area contributed by atoms with Crippen molar-refractivity contribution >= 4 is 11.9 Å². The maximum Gasteiger partial charge on any atom is 0.345 e. The normalized spacial score (nSPS) is 12.6. The Bertz CT molecular complexity index is 197. The molecule has 7 heteroatoms. The molecule has 0 bridgehead atoms. The molecule has 0 heterocycles. The van der Waals surface area contributed by atoms with Gasteiger partial charge in [0.25, 0.3) is 0 Å². The van der Waals surface area contributed by atoms with Gasteiger partial charge in [-0.1, -0.05) is 0 Å². The fourth-order valence-electron chi connectivity index (χ4n) is 0.589. The lowest BCUT2D eigenvalue weighted by Gasteiger charge is -2.12. The highest BCUT2D eigenvalue weighted by Gasteiger charge is 2.20. The molecular weight excluding hydrogens is 188 g/mol. The largest absolute Gasteiger partial charge is 0.480 e. The Balaban J connectivity index is 3.95. The second-order valence-corrected chi connectivity index (χ2v) is 2.19. The second-order valence-electron chi connectivity index (χ2n) is 2.19. The molecule has 76 valence electrons. The number of alkyl halides is 2. The molecule has 0 saturated carbocycles. The highest BCUT2D eigenvalue weighted by Crippen LogP contribution is 1.96. The van der Waals surface area contributed by atoms with Crippen molar-refractivity contribution in [3.63, 3.8) is 0 Å². The average Bonchev–Trinajstić information content (AvgIpc) is 1.96. The minimum absolute atomic E-state index is 0.620. The van der Waals surface area contributed by atoms with Crippen molar-refractivity contribution in [2.45, 2.75) is 19.6 Å². The first-order chi connectivity index (χ1) is 5.93. The number of ether oxygens (including phenoxy) is 1. The van der Waals surface area contributed by atoms with E-state index < -0.39 is 31.1 Å². The number of hydrogen-bond acceptors (Lipinski definition) is 3. The summed E-state index contributed by atoms with van der Waals surface area (Å²) in [6, 6.07) is -1.44. The van der Waals surface area contributed by atoms with Gasteiger partial charge in [0.2, 0.25) is 5.91 Å². The standard InChI is InChI=1S/C6H9F2NO4/c1-3(10)9-4(5(11)12)2-13-6(7)8/h4,6H,2H2,1H3,(H,9,10)(H,11,12)/t4-/m1/s1. The lowest BCUT2D eigenvalue weighted by atomic mass is 10.3. The van der Waals surface area contributed by atoms with E-state index >= 15 is 0 Å². The summed E-state index contributed by atoms with van der Waals surface area (Å²) in [7, 11) is 0. The zero-order valence-corrected chi connectivity index (χ0v) is 6.79. The number of carbonyl (C=O) groups is 2. The predicted octanol–water partition coefficient (Wildman–Crippen LogP) is -0.185. The molecule has 0 aromatic rings. The van der Waals surface area contributed by atoms with Crippen molar-refractivity contribution in [1.82, 2.24) is 5.32 Å². The quantitative estimate of drug-likeness (QED) is 0.640. The first kappa shape index (κ1) is 11.8. The van der Waals surface area contributed by atoms with E-state index in [-0.39, 0.29) is 0 Å². The van der Waals surface area contributed by atoms with Gasteiger partial charge in [-0.15, -0.1) is 0 Å². The zero-order valence-electron chi connectivity index (χ0n) is 6.79. The summed E-state index contributed by atoms with van der Waals surface area (Å²) in [5.74, 6) is -2.04. The number of carboxylic acid groups (broad SMARTS) is 1. The van der Waals surface area contributed by atoms with Gasteiger partial charge in [0.05, 0.1) is 6.61 Å². The van der Waals surface area contributed by atoms with Crippen molar-refractivity contribution in [2.24, 2.45) is 0 Å². The molecule has 0 aromatic carbocycles. The number of carboxylic acids is 1. The Morgan fingerprint density at radius 1 is 1.54 bits per heavy atom. The summed E-state index contributed by atoms with van der Waals surface area (Å²) >= 11 is 0. The highest BCUT2D eigenvalue weighted by molar-refractivity contribution is 5.82. The van der Waals surface area contributed by atoms with E-state index in [1.54, 1.807) is 0 Å². The molecule has 0 aromatic heterocycles. The molecule has 0 unspecified atom stereocenters. The molecule has 1 amide bonds. The predicted molar refractivity (Wildman–Crippen MR) is 37.2 cm³/mol. The number of amides is 1. The van der Waals surface area contributed by atoms with E-state index in [0.29, 0.717) is 0 Å². The molecule has 0 radical (unpaired) electrons. The minimum Gasteiger partial charge on any atom is -0.480 e. The van der Waals surface area contributed by atoms with E-state index in [0.717, 1.165) is 6.92 Å². The summed E-state index contributed by atoms with van der Waals surface area (Å²) in [5, 5.41) is 10.3. The van der Waals surface area contributed by atoms with Crippen LogP contribution in [0, 0.1) is 0 Å². The fourth-order valence-corrected chi connectivity index (χ4v) is 0.589. The Labute approximate surface area is 72.7 Å². The van der Waals surface area contributed by atoms with Crippen molar-refractivity contribution in [3.05, 3.63) is 0 Å². The Morgan fingerprint density at radius 3 is 2.38 bits per heavy atom. The molecule has 0 rings (SSSR count). The molecule has 0 aliphatic carbocycles. The summed E-state index contributed by atoms with van der Waals surface area (Å²) in [5.41, 5.74) is 0. The van der Waals surface area contributed by atoms with E-state index in [4.69, 9.17) is 5.11 Å². The van der Waals surface area contributed by atoms with Crippen LogP contribution in [0.5, 0.6) is 0 Å². The van der Waals surface area contributed by atoms with Crippen molar-refractivity contribution in [3.8, 4) is 0 Å². The Morgan fingerprint density at radius 2 is 2.08 bits per heavy atom. The van der Waals surface area contributed by atoms with Crippen molar-refractivity contribution in [1.29, 1.82) is 0 Å². The number of aliphatic carboxylic acids is 1. The van der Waals surface area contributed by atoms with Gasteiger partial charge in [-0.05, 0) is 0 Å². The third kappa shape index (κ3) is 5.97. The molecular formula is C6H9F2NO4. The van der Waals surface area contributed by atoms with Crippen molar-refractivity contribution < 1.29 is 28.2 Å². The highest BCUT2D eigenvalue weighted by atomic mass is 19.3. The van der Waals surface area contributed by atoms with Crippen LogP contribution in [-0.2, 0) is 14.3 Å². The lowest BCUT2D eigenvalue weighted by Crippen LogP contribution is -2.43. The van der Waals surface area contributed by atoms with Crippen LogP contribution in [-0.4, -0.2) is 36.2 Å². The zero-order chi connectivity index (χ0) is 10.4. The summed E-state index contributed by atoms with van der Waals surface area (Å²) in [6.07, 6.45) is 0. The molecule has 0 aliphatic heterocycles. The van der Waals surface area contributed by atoms with Gasteiger partial charge >= 0.3 is 12.6 Å². The Kier molecular flexibility index (Phi) is 4.90. The Hall–Kier alpha value is -1.24. The van der Waals surface area contributed by atoms with Gasteiger partial charge in [0.15, 0.2) is 6.04 Å². The maximum atomic E-state index is 11.5. The number of rotatable bonds is 5. The van der Waals surface area contributed by atoms with E-state index in [1.807, 2.05) is 5.32 Å². The van der Waals surface area contributed by atoms with Crippen LogP contribution in [0.15, 0.2) is 0 Å². The van der Waals surface area contributed by atoms with Crippen LogP contribution in [0.3, 0.4) is 0 Å². The molecule has 5 nitrogen and oxygen atoms in total. The first-order valence-electron chi connectivity index (χ1n) is 3.33. The summed E-state index contributed by atoms with van der Waals surface area (Å²) < 4.78 is 26.7. The van der Waals surface area contributed by atoms with Crippen LogP contribution in [0.4, 0.5) is 8.78 Å². The average molecular weight is 197 g/mol. The molecule has 1 atom stereocenters. The number of hydrogen-bond donors (Lipinski definition) is 2. The summed E-state index contributed by atoms with van der Waals surface area (Å²) in [6.45, 7) is -2.72. The monoisotopic (exact) mass is 197 g/mol. The lowest BCUT2D eigenvalue weighted by molar-refractivity contribution is -0.155. The van der Waals surface area contributed by atoms with Gasteiger partial charge in [-0.2, -0.15) is 8.78 Å². The number of nitrogens with one attached hydrogen (secondary N) is 1. The SMILES string of the molecule is CC(=O)N[C@H](COC(F)F)C(=O)O. The van der Waals surface area contributed by atoms with E-state index in [2.05, 4.69) is 4.74 Å². The number of carbonyl (C=O) groups excluding carboxylic acids is 1. The van der Waals surface area contributed by atoms with Crippen LogP contribution in [0.25, 0.3) is 0 Å². The van der Waals surface area contributed by atoms with Gasteiger partial charge < -0.3 is 15.2 Å². The molecule has 0 aliphatic rings. The molecule has 13 heavy (non-hydrogen) atoms. The smallest absolute Gasteiger partial charge is 0.345 e. The second kappa shape index (κ2) is 5.41. The van der Waals surface area contributed by atoms with Gasteiger partial charge in [-0.3, -0.25) is 4.79 Å². The molecule has 0 saturated heterocycles. The summed E-state index contributed by atoms with van der Waals surface area (Å²) in [4.78, 5) is 20.7. The van der Waals surface area contributed by atoms with Crippen LogP contribution >= 0.6 is 0 Å². The van der Waals surface area contributed by atoms with E-state index in [1.165, 1.54) is 0 Å². The fraction of sp³-hybridized carbons (Fsp3) is 0.667. The molecule has 0 fully saturated rings. The first-order valence-corrected chi connectivity index (χ1v) is 3.33. The third-order valence-corrected chi connectivity index (χ3v) is 1.06. The van der Waals surface area contributed by atoms with Crippen molar-refractivity contribution in [2.75, 3.05) is 6.61 Å². The van der Waals surface area contributed by atoms with Gasteiger partial charge in [0, 0.05) is 6.92 Å². The van der Waals surface area contributed by atoms with Gasteiger partial charge in [0.1, 0.15) is 0 Å². The number of halogens is 2. The van der Waals surface area contributed by atoms with Crippen LogP contribution in [0.2, 0.25) is 0 Å². The van der Waals surface area contributed by atoms with Crippen LogP contribution in [0.1, 0.15) is 6.92 Å². The van der Waals surface area contributed by atoms with Crippen LogP contribution < -0.4 is 5.32 Å². The van der Waals surface area contributed by atoms with E-state index in [9.17, 15) is 18.4 Å². The third-order valence-electron chi connectivity index (χ3n) is 1.06. The minimum atomic E-state index is -3.05. The van der Waals surface area contributed by atoms with Gasteiger partial charge in [-0.25, -0.2) is 4.79 Å². The molecule has 2 N–H and O–H groups in total. The topological polar surface area (TPSA) is 75.6 Å².